The molecule has 3 N–H and O–H groups in total. The highest BCUT2D eigenvalue weighted by Gasteiger charge is 2.22. The van der Waals surface area contributed by atoms with Crippen molar-refractivity contribution in [3.8, 4) is 0 Å². The number of carbonyl (C=O) groups is 1. The number of carbonyl (C=O) groups excluding carboxylic acids is 1. The van der Waals surface area contributed by atoms with Gasteiger partial charge in [0.1, 0.15) is 5.82 Å². The largest absolute Gasteiger partial charge is 0.366 e. The fourth-order valence-electron chi connectivity index (χ4n) is 1.47. The van der Waals surface area contributed by atoms with E-state index in [0.29, 0.717) is 11.6 Å². The predicted molar refractivity (Wildman–Crippen MR) is 57.8 cm³/mol. The molecule has 1 amide bonds. The second kappa shape index (κ2) is 3.86. The van der Waals surface area contributed by atoms with E-state index in [0.717, 1.165) is 18.9 Å². The molecular weight excluding hydrogens is 192 g/mol. The molecule has 0 atom stereocenters. The Kier molecular flexibility index (Phi) is 2.55. The number of hydrogen-bond donors (Lipinski definition) is 2. The number of nitrogens with one attached hydrogen (secondary N) is 1. The zero-order chi connectivity index (χ0) is 10.8. The summed E-state index contributed by atoms with van der Waals surface area (Å²) in [6.45, 7) is 1.96. The molecule has 80 valence electrons. The average molecular weight is 206 g/mol. The summed E-state index contributed by atoms with van der Waals surface area (Å²) in [6, 6.07) is 4.02. The van der Waals surface area contributed by atoms with Crippen LogP contribution >= 0.6 is 0 Å². The highest BCUT2D eigenvalue weighted by Crippen LogP contribution is 2.14. The quantitative estimate of drug-likeness (QED) is 0.705. The second-order valence-electron chi connectivity index (χ2n) is 3.69. The van der Waals surface area contributed by atoms with Gasteiger partial charge in [-0.2, -0.15) is 0 Å². The van der Waals surface area contributed by atoms with Crippen LogP contribution in [0, 0.1) is 0 Å². The van der Waals surface area contributed by atoms with Gasteiger partial charge in [-0.1, -0.05) is 0 Å². The lowest BCUT2D eigenvalue weighted by Crippen LogP contribution is -2.56. The fourth-order valence-corrected chi connectivity index (χ4v) is 1.47. The standard InChI is InChI=1S/C10H14N4O/c1-14(8-5-12-6-8)9-3-2-7(4-13-9)10(11)15/h2-4,8,12H,5-6H2,1H3,(H2,11,15). The Morgan fingerprint density at radius 2 is 2.33 bits per heavy atom. The third-order valence-electron chi connectivity index (χ3n) is 2.70. The summed E-state index contributed by atoms with van der Waals surface area (Å²) in [4.78, 5) is 17.1. The van der Waals surface area contributed by atoms with E-state index in [9.17, 15) is 4.79 Å². The first-order valence-electron chi connectivity index (χ1n) is 4.88. The van der Waals surface area contributed by atoms with E-state index in [1.54, 1.807) is 6.07 Å². The zero-order valence-corrected chi connectivity index (χ0v) is 8.60. The SMILES string of the molecule is CN(c1ccc(C(N)=O)cn1)C1CNC1. The second-order valence-corrected chi connectivity index (χ2v) is 3.69. The summed E-state index contributed by atoms with van der Waals surface area (Å²) >= 11 is 0. The van der Waals surface area contributed by atoms with E-state index in [4.69, 9.17) is 5.73 Å². The van der Waals surface area contributed by atoms with Crippen LogP contribution in [0.2, 0.25) is 0 Å². The van der Waals surface area contributed by atoms with Gasteiger partial charge in [-0.3, -0.25) is 4.79 Å². The molecule has 5 heteroatoms. The number of nitrogens with zero attached hydrogens (tertiary/aromatic N) is 2. The maximum atomic E-state index is 10.8. The minimum atomic E-state index is -0.443. The number of primary amides is 1. The smallest absolute Gasteiger partial charge is 0.250 e. The molecule has 0 radical (unpaired) electrons. The lowest BCUT2D eigenvalue weighted by atomic mass is 10.1. The van der Waals surface area contributed by atoms with Crippen LogP contribution in [0.1, 0.15) is 10.4 Å². The van der Waals surface area contributed by atoms with Crippen LogP contribution in [-0.4, -0.2) is 37.1 Å². The minimum absolute atomic E-state index is 0.443. The summed E-state index contributed by atoms with van der Waals surface area (Å²) in [5.41, 5.74) is 5.58. The summed E-state index contributed by atoms with van der Waals surface area (Å²) < 4.78 is 0. The Bertz CT molecular complexity index is 358. The van der Waals surface area contributed by atoms with Crippen LogP contribution in [0.3, 0.4) is 0 Å². The van der Waals surface area contributed by atoms with Crippen molar-refractivity contribution in [1.82, 2.24) is 10.3 Å². The molecule has 0 spiro atoms. The molecule has 1 aliphatic heterocycles. The zero-order valence-electron chi connectivity index (χ0n) is 8.60. The Labute approximate surface area is 88.3 Å². The third kappa shape index (κ3) is 1.92. The van der Waals surface area contributed by atoms with E-state index in [1.807, 2.05) is 13.1 Å². The molecule has 1 fully saturated rings. The molecule has 0 aromatic carbocycles. The summed E-state index contributed by atoms with van der Waals surface area (Å²) in [6.07, 6.45) is 1.51. The number of likely N-dealkylation sites (N-methyl/N-ethyl adjacent to an activating group) is 1. The molecule has 1 aromatic rings. The molecular formula is C10H14N4O. The van der Waals surface area contributed by atoms with Crippen molar-refractivity contribution in [2.45, 2.75) is 6.04 Å². The van der Waals surface area contributed by atoms with Crippen molar-refractivity contribution in [1.29, 1.82) is 0 Å². The van der Waals surface area contributed by atoms with Crippen LogP contribution in [0.15, 0.2) is 18.3 Å². The van der Waals surface area contributed by atoms with Gasteiger partial charge in [0.15, 0.2) is 0 Å². The van der Waals surface area contributed by atoms with E-state index >= 15 is 0 Å². The van der Waals surface area contributed by atoms with Crippen molar-refractivity contribution in [2.75, 3.05) is 25.0 Å². The first-order valence-corrected chi connectivity index (χ1v) is 4.88. The molecule has 0 unspecified atom stereocenters. The molecule has 1 saturated heterocycles. The predicted octanol–water partition coefficient (Wildman–Crippen LogP) is -0.411. The molecule has 1 aliphatic rings. The van der Waals surface area contributed by atoms with E-state index < -0.39 is 5.91 Å². The molecule has 2 heterocycles. The topological polar surface area (TPSA) is 71.2 Å². The Morgan fingerprint density at radius 3 is 2.73 bits per heavy atom. The molecule has 0 aliphatic carbocycles. The molecule has 2 rings (SSSR count). The van der Waals surface area contributed by atoms with Gasteiger partial charge >= 0.3 is 0 Å². The van der Waals surface area contributed by atoms with Gasteiger partial charge in [0, 0.05) is 26.3 Å². The summed E-state index contributed by atoms with van der Waals surface area (Å²) in [7, 11) is 2.00. The van der Waals surface area contributed by atoms with Crippen molar-refractivity contribution >= 4 is 11.7 Å². The monoisotopic (exact) mass is 206 g/mol. The third-order valence-corrected chi connectivity index (χ3v) is 2.70. The van der Waals surface area contributed by atoms with Crippen molar-refractivity contribution in [3.05, 3.63) is 23.9 Å². The molecule has 0 saturated carbocycles. The van der Waals surface area contributed by atoms with Crippen LogP contribution in [0.4, 0.5) is 5.82 Å². The summed E-state index contributed by atoms with van der Waals surface area (Å²) in [5, 5.41) is 3.20. The van der Waals surface area contributed by atoms with E-state index in [-0.39, 0.29) is 0 Å². The Balaban J connectivity index is 2.11. The van der Waals surface area contributed by atoms with E-state index in [1.165, 1.54) is 6.20 Å². The maximum absolute atomic E-state index is 10.8. The Morgan fingerprint density at radius 1 is 1.60 bits per heavy atom. The van der Waals surface area contributed by atoms with Crippen LogP contribution < -0.4 is 16.0 Å². The number of pyridine rings is 1. The van der Waals surface area contributed by atoms with Crippen LogP contribution in [0.25, 0.3) is 0 Å². The van der Waals surface area contributed by atoms with Gasteiger partial charge in [-0.05, 0) is 12.1 Å². The highest BCUT2D eigenvalue weighted by molar-refractivity contribution is 5.92. The molecule has 0 bridgehead atoms. The van der Waals surface area contributed by atoms with Crippen molar-refractivity contribution < 1.29 is 4.79 Å². The van der Waals surface area contributed by atoms with Gasteiger partial charge in [0.25, 0.3) is 0 Å². The van der Waals surface area contributed by atoms with Crippen LogP contribution in [0.5, 0.6) is 0 Å². The maximum Gasteiger partial charge on any atom is 0.250 e. The normalized spacial score (nSPS) is 15.8. The number of aromatic nitrogens is 1. The van der Waals surface area contributed by atoms with Gasteiger partial charge in [0.2, 0.25) is 5.91 Å². The van der Waals surface area contributed by atoms with Crippen LogP contribution in [-0.2, 0) is 0 Å². The first-order chi connectivity index (χ1) is 7.18. The lowest BCUT2D eigenvalue weighted by Gasteiger charge is -2.36. The molecule has 15 heavy (non-hydrogen) atoms. The number of amides is 1. The number of rotatable bonds is 3. The molecule has 1 aromatic heterocycles. The van der Waals surface area contributed by atoms with Gasteiger partial charge in [-0.25, -0.2) is 4.98 Å². The molecule has 5 nitrogen and oxygen atoms in total. The lowest BCUT2D eigenvalue weighted by molar-refractivity contribution is 0.1000. The van der Waals surface area contributed by atoms with Gasteiger partial charge in [0.05, 0.1) is 11.6 Å². The van der Waals surface area contributed by atoms with E-state index in [2.05, 4.69) is 15.2 Å². The van der Waals surface area contributed by atoms with Crippen molar-refractivity contribution in [3.63, 3.8) is 0 Å². The first kappa shape index (κ1) is 9.92. The Hall–Kier alpha value is -1.62. The number of anilines is 1. The highest BCUT2D eigenvalue weighted by atomic mass is 16.1. The van der Waals surface area contributed by atoms with Gasteiger partial charge in [-0.15, -0.1) is 0 Å². The van der Waals surface area contributed by atoms with Gasteiger partial charge < -0.3 is 16.0 Å². The fraction of sp³-hybridized carbons (Fsp3) is 0.400. The number of nitrogens with two attached hydrogens (primary N) is 1. The summed E-state index contributed by atoms with van der Waals surface area (Å²) in [5.74, 6) is 0.425. The number of hydrogen-bond acceptors (Lipinski definition) is 4. The van der Waals surface area contributed by atoms with Crippen molar-refractivity contribution in [2.24, 2.45) is 5.73 Å². The minimum Gasteiger partial charge on any atom is -0.366 e. The average Bonchev–Trinajstić information content (AvgIpc) is 2.15.